The number of aliphatic hydroxyl groups is 1. The van der Waals surface area contributed by atoms with Crippen LogP contribution in [0, 0.1) is 5.92 Å². The zero-order valence-corrected chi connectivity index (χ0v) is 15.6. The van der Waals surface area contributed by atoms with E-state index in [4.69, 9.17) is 0 Å². The lowest BCUT2D eigenvalue weighted by atomic mass is 9.76. The quantitative estimate of drug-likeness (QED) is 0.792. The molecule has 27 heavy (non-hydrogen) atoms. The molecule has 2 aromatic rings. The first-order valence-corrected chi connectivity index (χ1v) is 9.86. The van der Waals surface area contributed by atoms with Gasteiger partial charge in [-0.1, -0.05) is 30.3 Å². The molecule has 0 spiro atoms. The molecule has 1 aliphatic carbocycles. The number of rotatable bonds is 7. The van der Waals surface area contributed by atoms with Gasteiger partial charge in [-0.3, -0.25) is 14.7 Å². The van der Waals surface area contributed by atoms with Crippen molar-refractivity contribution in [2.75, 3.05) is 6.54 Å². The molecule has 1 atom stereocenters. The van der Waals surface area contributed by atoms with E-state index in [2.05, 4.69) is 39.5 Å². The summed E-state index contributed by atoms with van der Waals surface area (Å²) in [6.07, 6.45) is 4.35. The van der Waals surface area contributed by atoms with Crippen LogP contribution in [0.25, 0.3) is 0 Å². The summed E-state index contributed by atoms with van der Waals surface area (Å²) in [5.41, 5.74) is 3.69. The fourth-order valence-electron chi connectivity index (χ4n) is 4.17. The fraction of sp³-hybridized carbons (Fsp3) is 0.455. The summed E-state index contributed by atoms with van der Waals surface area (Å²) in [6.45, 7) is 2.89. The summed E-state index contributed by atoms with van der Waals surface area (Å²) in [5, 5.41) is 12.8. The van der Waals surface area contributed by atoms with Crippen LogP contribution in [0.4, 0.5) is 0 Å². The monoisotopic (exact) mass is 365 g/mol. The molecule has 5 heteroatoms. The summed E-state index contributed by atoms with van der Waals surface area (Å²) in [6, 6.07) is 14.2. The van der Waals surface area contributed by atoms with Crippen molar-refractivity contribution in [3.05, 3.63) is 65.5 Å². The number of nitrogens with one attached hydrogen (secondary N) is 1. The Labute approximate surface area is 160 Å². The number of hydrogen-bond donors (Lipinski definition) is 2. The van der Waals surface area contributed by atoms with E-state index in [0.717, 1.165) is 44.6 Å². The van der Waals surface area contributed by atoms with Crippen molar-refractivity contribution in [3.63, 3.8) is 0 Å². The van der Waals surface area contributed by atoms with Crippen LogP contribution in [0.15, 0.2) is 48.7 Å². The van der Waals surface area contributed by atoms with Crippen molar-refractivity contribution in [1.29, 1.82) is 0 Å². The second kappa shape index (κ2) is 8.19. The maximum atomic E-state index is 12.5. The number of nitrogens with zero attached hydrogens (tertiary/aromatic N) is 2. The molecule has 1 aliphatic heterocycles. The lowest BCUT2D eigenvalue weighted by Crippen LogP contribution is -2.41. The van der Waals surface area contributed by atoms with Gasteiger partial charge in [-0.05, 0) is 55.0 Å². The topological polar surface area (TPSA) is 65.5 Å². The molecule has 0 unspecified atom stereocenters. The Morgan fingerprint density at radius 3 is 2.48 bits per heavy atom. The number of carbonyl (C=O) groups excluding carboxylic acids is 1. The first kappa shape index (κ1) is 18.1. The first-order chi connectivity index (χ1) is 13.2. The van der Waals surface area contributed by atoms with Gasteiger partial charge in [-0.15, -0.1) is 0 Å². The van der Waals surface area contributed by atoms with E-state index in [1.807, 2.05) is 18.2 Å². The summed E-state index contributed by atoms with van der Waals surface area (Å²) < 4.78 is 0. The highest BCUT2D eigenvalue weighted by molar-refractivity contribution is 5.76. The van der Waals surface area contributed by atoms with Gasteiger partial charge >= 0.3 is 0 Å². The van der Waals surface area contributed by atoms with Gasteiger partial charge in [0.25, 0.3) is 0 Å². The maximum absolute atomic E-state index is 12.5. The molecule has 2 N–H and O–H groups in total. The van der Waals surface area contributed by atoms with Crippen LogP contribution in [0.1, 0.15) is 48.5 Å². The Morgan fingerprint density at radius 2 is 1.85 bits per heavy atom. The Bertz CT molecular complexity index is 749. The zero-order valence-electron chi connectivity index (χ0n) is 15.6. The normalized spacial score (nSPS) is 22.7. The van der Waals surface area contributed by atoms with Gasteiger partial charge in [0, 0.05) is 25.7 Å². The van der Waals surface area contributed by atoms with Crippen molar-refractivity contribution < 1.29 is 9.90 Å². The smallest absolute Gasteiger partial charge is 0.220 e. The average molecular weight is 365 g/mol. The van der Waals surface area contributed by atoms with Crippen molar-refractivity contribution in [3.8, 4) is 0 Å². The first-order valence-electron chi connectivity index (χ1n) is 9.86. The highest BCUT2D eigenvalue weighted by Crippen LogP contribution is 2.37. The van der Waals surface area contributed by atoms with Gasteiger partial charge in [0.2, 0.25) is 5.91 Å². The van der Waals surface area contributed by atoms with Crippen molar-refractivity contribution in [2.24, 2.45) is 5.92 Å². The van der Waals surface area contributed by atoms with Crippen molar-refractivity contribution >= 4 is 5.91 Å². The lowest BCUT2D eigenvalue weighted by molar-refractivity contribution is -0.123. The van der Waals surface area contributed by atoms with Crippen LogP contribution in [0.2, 0.25) is 0 Å². The number of pyridine rings is 1. The van der Waals surface area contributed by atoms with Crippen LogP contribution < -0.4 is 5.32 Å². The van der Waals surface area contributed by atoms with Crippen molar-refractivity contribution in [1.82, 2.24) is 15.2 Å². The molecule has 0 saturated heterocycles. The zero-order chi connectivity index (χ0) is 18.6. The molecular formula is C22H27N3O2. The van der Waals surface area contributed by atoms with Gasteiger partial charge < -0.3 is 10.4 Å². The predicted molar refractivity (Wildman–Crippen MR) is 104 cm³/mol. The van der Waals surface area contributed by atoms with Crippen LogP contribution in [-0.4, -0.2) is 33.5 Å². The number of aliphatic hydroxyl groups excluding tert-OH is 1. The SMILES string of the molecule is O=C(CCCN1Cc2ccccc2C1)N[C@H](c1ccccn1)C1CC(O)C1. The molecular weight excluding hydrogens is 338 g/mol. The maximum Gasteiger partial charge on any atom is 0.220 e. The number of carbonyl (C=O) groups is 1. The predicted octanol–water partition coefficient (Wildman–Crippen LogP) is 2.81. The molecule has 4 rings (SSSR count). The summed E-state index contributed by atoms with van der Waals surface area (Å²) in [4.78, 5) is 19.3. The van der Waals surface area contributed by atoms with Gasteiger partial charge in [0.05, 0.1) is 17.8 Å². The van der Waals surface area contributed by atoms with E-state index < -0.39 is 0 Å². The minimum absolute atomic E-state index is 0.0729. The third kappa shape index (κ3) is 4.37. The van der Waals surface area contributed by atoms with Gasteiger partial charge in [0.1, 0.15) is 0 Å². The molecule has 0 radical (unpaired) electrons. The van der Waals surface area contributed by atoms with Crippen LogP contribution >= 0.6 is 0 Å². The summed E-state index contributed by atoms with van der Waals surface area (Å²) in [5.74, 6) is 0.343. The molecule has 1 saturated carbocycles. The minimum Gasteiger partial charge on any atom is -0.393 e. The van der Waals surface area contributed by atoms with Crippen LogP contribution in [0.5, 0.6) is 0 Å². The second-order valence-corrected chi connectivity index (χ2v) is 7.77. The highest BCUT2D eigenvalue weighted by atomic mass is 16.3. The standard InChI is InChI=1S/C22H27N3O2/c26-19-12-18(13-19)22(20-8-3-4-10-23-20)24-21(27)9-5-11-25-14-16-6-1-2-7-17(16)15-25/h1-4,6-8,10,18-19,22,26H,5,9,11-15H2,(H,24,27)/t18?,19?,22-/m0/s1. The lowest BCUT2D eigenvalue weighted by Gasteiger charge is -2.37. The minimum atomic E-state index is -0.241. The Kier molecular flexibility index (Phi) is 5.50. The average Bonchev–Trinajstić information content (AvgIpc) is 3.07. The van der Waals surface area contributed by atoms with Gasteiger partial charge in [0.15, 0.2) is 0 Å². The second-order valence-electron chi connectivity index (χ2n) is 7.77. The molecule has 5 nitrogen and oxygen atoms in total. The van der Waals surface area contributed by atoms with Gasteiger partial charge in [-0.2, -0.15) is 0 Å². The number of fused-ring (bicyclic) bond motifs is 1. The van der Waals surface area contributed by atoms with E-state index >= 15 is 0 Å². The number of benzene rings is 1. The largest absolute Gasteiger partial charge is 0.393 e. The Morgan fingerprint density at radius 1 is 1.15 bits per heavy atom. The van der Waals surface area contributed by atoms with E-state index in [0.29, 0.717) is 6.42 Å². The van der Waals surface area contributed by atoms with E-state index in [1.165, 1.54) is 11.1 Å². The van der Waals surface area contributed by atoms with Gasteiger partial charge in [-0.25, -0.2) is 0 Å². The number of amides is 1. The molecule has 1 fully saturated rings. The molecule has 142 valence electrons. The summed E-state index contributed by atoms with van der Waals surface area (Å²) >= 11 is 0. The molecule has 0 bridgehead atoms. The van der Waals surface area contributed by atoms with Crippen LogP contribution in [-0.2, 0) is 17.9 Å². The Balaban J connectivity index is 1.26. The third-order valence-corrected chi connectivity index (χ3v) is 5.73. The van der Waals surface area contributed by atoms with E-state index in [9.17, 15) is 9.90 Å². The Hall–Kier alpha value is -2.24. The molecule has 2 heterocycles. The molecule has 1 aromatic heterocycles. The highest BCUT2D eigenvalue weighted by Gasteiger charge is 2.36. The van der Waals surface area contributed by atoms with Crippen LogP contribution in [0.3, 0.4) is 0 Å². The summed E-state index contributed by atoms with van der Waals surface area (Å²) in [7, 11) is 0. The molecule has 1 amide bonds. The molecule has 2 aliphatic rings. The van der Waals surface area contributed by atoms with E-state index in [1.54, 1.807) is 6.20 Å². The third-order valence-electron chi connectivity index (χ3n) is 5.73. The number of hydrogen-bond acceptors (Lipinski definition) is 4. The number of aromatic nitrogens is 1. The molecule has 1 aromatic carbocycles. The van der Waals surface area contributed by atoms with Crippen molar-refractivity contribution in [2.45, 2.75) is 50.9 Å². The van der Waals surface area contributed by atoms with E-state index in [-0.39, 0.29) is 24.0 Å². The fourth-order valence-corrected chi connectivity index (χ4v) is 4.17.